The van der Waals surface area contributed by atoms with Crippen molar-refractivity contribution in [2.45, 2.75) is 50.5 Å². The highest BCUT2D eigenvalue weighted by Gasteiger charge is 2.48. The average Bonchev–Trinajstić information content (AvgIpc) is 2.97. The van der Waals surface area contributed by atoms with E-state index in [2.05, 4.69) is 4.90 Å². The topological polar surface area (TPSA) is 70.1 Å². The van der Waals surface area contributed by atoms with Gasteiger partial charge in [-0.1, -0.05) is 12.5 Å². The Morgan fingerprint density at radius 1 is 1.25 bits per heavy atom. The molecule has 1 saturated carbocycles. The number of amides is 1. The van der Waals surface area contributed by atoms with Crippen molar-refractivity contribution in [3.05, 3.63) is 29.3 Å². The molecule has 1 N–H and O–H groups in total. The Labute approximate surface area is 166 Å². The maximum atomic E-state index is 12.9. The Bertz CT molecular complexity index is 749. The van der Waals surface area contributed by atoms with Crippen LogP contribution < -0.4 is 0 Å². The molecule has 6 nitrogen and oxygen atoms in total. The zero-order valence-corrected chi connectivity index (χ0v) is 16.7. The lowest BCUT2D eigenvalue weighted by Gasteiger charge is -2.37. The van der Waals surface area contributed by atoms with E-state index in [-0.39, 0.29) is 23.5 Å². The second kappa shape index (κ2) is 7.74. The number of likely N-dealkylation sites (N-methyl/N-ethyl adjacent to an activating group) is 1. The summed E-state index contributed by atoms with van der Waals surface area (Å²) >= 11 is 0. The third-order valence-corrected chi connectivity index (χ3v) is 6.72. The SMILES string of the molecule is CN(CCN1CCCCC1)C(=O)C1CCC2(CC1)OC(=O)c1cc(O)ccc12. The Kier molecular flexibility index (Phi) is 5.32. The van der Waals surface area contributed by atoms with Gasteiger partial charge in [0.25, 0.3) is 0 Å². The molecule has 2 aliphatic heterocycles. The number of aromatic hydroxyl groups is 1. The van der Waals surface area contributed by atoms with Gasteiger partial charge in [0.05, 0.1) is 5.56 Å². The summed E-state index contributed by atoms with van der Waals surface area (Å²) in [6.07, 6.45) is 6.61. The van der Waals surface area contributed by atoms with Gasteiger partial charge in [-0.3, -0.25) is 4.79 Å². The predicted octanol–water partition coefficient (Wildman–Crippen LogP) is 2.89. The molecule has 0 atom stereocenters. The summed E-state index contributed by atoms with van der Waals surface area (Å²) in [7, 11) is 1.91. The number of phenolic OH excluding ortho intramolecular Hbond substituents is 1. The lowest BCUT2D eigenvalue weighted by molar-refractivity contribution is -0.137. The van der Waals surface area contributed by atoms with E-state index in [0.717, 1.165) is 44.6 Å². The van der Waals surface area contributed by atoms with Gasteiger partial charge >= 0.3 is 5.97 Å². The molecule has 4 rings (SSSR count). The van der Waals surface area contributed by atoms with Gasteiger partial charge < -0.3 is 19.6 Å². The second-order valence-electron chi connectivity index (χ2n) is 8.55. The highest BCUT2D eigenvalue weighted by Crippen LogP contribution is 2.48. The van der Waals surface area contributed by atoms with Crippen LogP contribution in [0.4, 0.5) is 0 Å². The van der Waals surface area contributed by atoms with Crippen molar-refractivity contribution in [1.29, 1.82) is 0 Å². The summed E-state index contributed by atoms with van der Waals surface area (Å²) in [6, 6.07) is 4.88. The van der Waals surface area contributed by atoms with Crippen LogP contribution in [0.1, 0.15) is 60.9 Å². The molecule has 0 radical (unpaired) electrons. The van der Waals surface area contributed by atoms with Gasteiger partial charge in [-0.2, -0.15) is 0 Å². The molecule has 3 aliphatic rings. The van der Waals surface area contributed by atoms with E-state index < -0.39 is 5.60 Å². The van der Waals surface area contributed by atoms with Gasteiger partial charge in [0.2, 0.25) is 5.91 Å². The highest BCUT2D eigenvalue weighted by atomic mass is 16.6. The van der Waals surface area contributed by atoms with Gasteiger partial charge in [0.1, 0.15) is 11.4 Å². The first-order chi connectivity index (χ1) is 13.5. The van der Waals surface area contributed by atoms with Crippen molar-refractivity contribution < 1.29 is 19.4 Å². The first-order valence-corrected chi connectivity index (χ1v) is 10.5. The van der Waals surface area contributed by atoms with E-state index in [0.29, 0.717) is 18.4 Å². The van der Waals surface area contributed by atoms with Crippen molar-refractivity contribution in [3.63, 3.8) is 0 Å². The Balaban J connectivity index is 1.34. The van der Waals surface area contributed by atoms with Crippen LogP contribution in [0.5, 0.6) is 5.75 Å². The average molecular weight is 386 g/mol. The largest absolute Gasteiger partial charge is 0.508 e. The third kappa shape index (κ3) is 3.62. The summed E-state index contributed by atoms with van der Waals surface area (Å²) in [5, 5.41) is 9.66. The van der Waals surface area contributed by atoms with Crippen LogP contribution in [0, 0.1) is 5.92 Å². The Morgan fingerprint density at radius 2 is 1.96 bits per heavy atom. The zero-order valence-electron chi connectivity index (χ0n) is 16.7. The van der Waals surface area contributed by atoms with Gasteiger partial charge in [-0.25, -0.2) is 4.79 Å². The Hall–Kier alpha value is -2.08. The van der Waals surface area contributed by atoms with E-state index >= 15 is 0 Å². The number of ether oxygens (including phenoxy) is 1. The second-order valence-corrected chi connectivity index (χ2v) is 8.55. The fourth-order valence-electron chi connectivity index (χ4n) is 4.98. The predicted molar refractivity (Wildman–Crippen MR) is 105 cm³/mol. The molecule has 2 heterocycles. The Morgan fingerprint density at radius 3 is 2.68 bits per heavy atom. The molecule has 0 aromatic heterocycles. The maximum absolute atomic E-state index is 12.9. The molecule has 28 heavy (non-hydrogen) atoms. The molecule has 1 aromatic rings. The van der Waals surface area contributed by atoms with Gasteiger partial charge in [-0.05, 0) is 63.7 Å². The normalized spacial score (nSPS) is 27.5. The number of likely N-dealkylation sites (tertiary alicyclic amines) is 1. The smallest absolute Gasteiger partial charge is 0.339 e. The van der Waals surface area contributed by atoms with Crippen LogP contribution >= 0.6 is 0 Å². The van der Waals surface area contributed by atoms with Crippen molar-refractivity contribution in [2.24, 2.45) is 5.92 Å². The number of fused-ring (bicyclic) bond motifs is 2. The minimum atomic E-state index is -0.622. The van der Waals surface area contributed by atoms with Crippen LogP contribution in [-0.4, -0.2) is 60.0 Å². The third-order valence-electron chi connectivity index (χ3n) is 6.72. The van der Waals surface area contributed by atoms with Crippen LogP contribution in [0.15, 0.2) is 18.2 Å². The van der Waals surface area contributed by atoms with Gasteiger partial charge in [0, 0.05) is 31.6 Å². The van der Waals surface area contributed by atoms with Gasteiger partial charge in [-0.15, -0.1) is 0 Å². The summed E-state index contributed by atoms with van der Waals surface area (Å²) in [5.74, 6) is -0.0831. The molecule has 2 fully saturated rings. The molecular weight excluding hydrogens is 356 g/mol. The minimum absolute atomic E-state index is 0.00292. The van der Waals surface area contributed by atoms with Crippen molar-refractivity contribution in [3.8, 4) is 5.75 Å². The summed E-state index contributed by atoms with van der Waals surface area (Å²) in [6.45, 7) is 4.02. The number of phenols is 1. The van der Waals surface area contributed by atoms with E-state index in [1.165, 1.54) is 25.3 Å². The number of nitrogens with zero attached hydrogens (tertiary/aromatic N) is 2. The summed E-state index contributed by atoms with van der Waals surface area (Å²) in [5.41, 5.74) is 0.701. The fraction of sp³-hybridized carbons (Fsp3) is 0.636. The zero-order chi connectivity index (χ0) is 19.7. The number of piperidine rings is 1. The van der Waals surface area contributed by atoms with E-state index in [1.54, 1.807) is 12.1 Å². The summed E-state index contributed by atoms with van der Waals surface area (Å²) < 4.78 is 5.75. The molecule has 1 amide bonds. The molecule has 152 valence electrons. The lowest BCUT2D eigenvalue weighted by atomic mass is 9.74. The molecule has 1 aliphatic carbocycles. The number of benzene rings is 1. The molecule has 0 unspecified atom stereocenters. The fourth-order valence-corrected chi connectivity index (χ4v) is 4.98. The van der Waals surface area contributed by atoms with Crippen molar-refractivity contribution in [2.75, 3.05) is 33.2 Å². The van der Waals surface area contributed by atoms with Crippen LogP contribution in [0.3, 0.4) is 0 Å². The van der Waals surface area contributed by atoms with Crippen LogP contribution in [0.2, 0.25) is 0 Å². The standard InChI is InChI=1S/C22H30N2O4/c1-23(13-14-24-11-3-2-4-12-24)20(26)16-7-9-22(10-8-16)19-6-5-17(25)15-18(19)21(27)28-22/h5-6,15-16,25H,2-4,7-14H2,1H3. The van der Waals surface area contributed by atoms with Gasteiger partial charge in [0.15, 0.2) is 0 Å². The molecule has 1 spiro atoms. The molecular formula is C22H30N2O4. The monoisotopic (exact) mass is 386 g/mol. The first-order valence-electron chi connectivity index (χ1n) is 10.5. The number of carbonyl (C=O) groups excluding carboxylic acids is 2. The van der Waals surface area contributed by atoms with Crippen molar-refractivity contribution >= 4 is 11.9 Å². The number of rotatable bonds is 4. The quantitative estimate of drug-likeness (QED) is 0.806. The molecule has 0 bridgehead atoms. The highest BCUT2D eigenvalue weighted by molar-refractivity contribution is 5.95. The molecule has 6 heteroatoms. The number of esters is 1. The molecule has 1 saturated heterocycles. The van der Waals surface area contributed by atoms with E-state index in [4.69, 9.17) is 4.74 Å². The van der Waals surface area contributed by atoms with Crippen LogP contribution in [-0.2, 0) is 15.1 Å². The first kappa shape index (κ1) is 19.2. The van der Waals surface area contributed by atoms with E-state index in [1.807, 2.05) is 11.9 Å². The lowest BCUT2D eigenvalue weighted by Crippen LogP contribution is -2.43. The summed E-state index contributed by atoms with van der Waals surface area (Å²) in [4.78, 5) is 29.5. The van der Waals surface area contributed by atoms with Crippen LogP contribution in [0.25, 0.3) is 0 Å². The molecule has 1 aromatic carbocycles. The number of hydrogen-bond donors (Lipinski definition) is 1. The number of carbonyl (C=O) groups is 2. The van der Waals surface area contributed by atoms with Crippen molar-refractivity contribution in [1.82, 2.24) is 9.80 Å². The van der Waals surface area contributed by atoms with E-state index in [9.17, 15) is 14.7 Å². The minimum Gasteiger partial charge on any atom is -0.508 e. The number of hydrogen-bond acceptors (Lipinski definition) is 5. The maximum Gasteiger partial charge on any atom is 0.339 e.